The van der Waals surface area contributed by atoms with Crippen LogP contribution in [-0.2, 0) is 22.5 Å². The van der Waals surface area contributed by atoms with Gasteiger partial charge in [-0.15, -0.1) is 0 Å². The van der Waals surface area contributed by atoms with Crippen molar-refractivity contribution >= 4 is 5.91 Å². The summed E-state index contributed by atoms with van der Waals surface area (Å²) in [5.74, 6) is 0.605. The molecular weight excluding hydrogens is 403 g/mol. The summed E-state index contributed by atoms with van der Waals surface area (Å²) in [6.45, 7) is 4.89. The molecule has 1 amide bonds. The topological polar surface area (TPSA) is 32.8 Å². The molecule has 4 rings (SSSR count). The molecule has 2 aliphatic rings. The van der Waals surface area contributed by atoms with E-state index in [4.69, 9.17) is 4.74 Å². The molecule has 4 nitrogen and oxygen atoms in total. The van der Waals surface area contributed by atoms with Crippen LogP contribution in [0.2, 0.25) is 0 Å². The molecule has 2 aromatic carbocycles. The van der Waals surface area contributed by atoms with Crippen molar-refractivity contribution in [3.05, 3.63) is 71.5 Å². The minimum atomic E-state index is -0.124. The van der Waals surface area contributed by atoms with Crippen molar-refractivity contribution in [2.75, 3.05) is 32.8 Å². The van der Waals surface area contributed by atoms with E-state index in [1.54, 1.807) is 6.07 Å². The van der Waals surface area contributed by atoms with Crippen LogP contribution in [0, 0.1) is 11.7 Å². The molecule has 2 aromatic rings. The van der Waals surface area contributed by atoms with Crippen LogP contribution < -0.4 is 0 Å². The van der Waals surface area contributed by atoms with Gasteiger partial charge >= 0.3 is 0 Å². The molecule has 2 heterocycles. The lowest BCUT2D eigenvalue weighted by molar-refractivity contribution is -0.133. The number of piperidine rings is 1. The Kier molecular flexibility index (Phi) is 8.30. The maximum absolute atomic E-state index is 14.0. The van der Waals surface area contributed by atoms with Crippen LogP contribution in [0.3, 0.4) is 0 Å². The molecule has 0 N–H and O–H groups in total. The summed E-state index contributed by atoms with van der Waals surface area (Å²) < 4.78 is 19.8. The first-order chi connectivity index (χ1) is 15.7. The second kappa shape index (κ2) is 11.6. The van der Waals surface area contributed by atoms with Gasteiger partial charge in [-0.25, -0.2) is 4.39 Å². The molecule has 0 bridgehead atoms. The zero-order valence-corrected chi connectivity index (χ0v) is 18.9. The second-order valence-corrected chi connectivity index (χ2v) is 9.23. The van der Waals surface area contributed by atoms with Crippen LogP contribution in [-0.4, -0.2) is 54.6 Å². The SMILES string of the molecule is O=C(CCc1ccccc1)N(CC1CCN(Cc2ccccc2F)CC1)C[C@H]1CCCO1. The fourth-order valence-electron chi connectivity index (χ4n) is 4.87. The molecule has 2 aliphatic heterocycles. The molecule has 5 heteroatoms. The van der Waals surface area contributed by atoms with Crippen LogP contribution in [0.25, 0.3) is 0 Å². The number of amides is 1. The predicted molar refractivity (Wildman–Crippen MR) is 125 cm³/mol. The molecule has 1 atom stereocenters. The summed E-state index contributed by atoms with van der Waals surface area (Å²) in [6, 6.07) is 17.3. The fraction of sp³-hybridized carbons (Fsp3) is 0.519. The molecule has 0 unspecified atom stereocenters. The van der Waals surface area contributed by atoms with Gasteiger partial charge in [-0.2, -0.15) is 0 Å². The summed E-state index contributed by atoms with van der Waals surface area (Å²) in [4.78, 5) is 17.5. The van der Waals surface area contributed by atoms with Gasteiger partial charge in [0.1, 0.15) is 5.82 Å². The number of carbonyl (C=O) groups excluding carboxylic acids is 1. The van der Waals surface area contributed by atoms with Gasteiger partial charge in [0.05, 0.1) is 6.10 Å². The number of ether oxygens (including phenoxy) is 1. The highest BCUT2D eigenvalue weighted by molar-refractivity contribution is 5.76. The van der Waals surface area contributed by atoms with Crippen LogP contribution in [0.4, 0.5) is 4.39 Å². The number of likely N-dealkylation sites (tertiary alicyclic amines) is 1. The second-order valence-electron chi connectivity index (χ2n) is 9.23. The molecule has 2 saturated heterocycles. The third kappa shape index (κ3) is 6.63. The van der Waals surface area contributed by atoms with E-state index in [1.165, 1.54) is 11.6 Å². The Balaban J connectivity index is 1.29. The zero-order valence-electron chi connectivity index (χ0n) is 18.9. The first kappa shape index (κ1) is 22.9. The number of hydrogen-bond donors (Lipinski definition) is 0. The summed E-state index contributed by atoms with van der Waals surface area (Å²) in [5, 5.41) is 0. The van der Waals surface area contributed by atoms with Crippen LogP contribution >= 0.6 is 0 Å². The Morgan fingerprint density at radius 1 is 1.00 bits per heavy atom. The number of hydrogen-bond acceptors (Lipinski definition) is 3. The van der Waals surface area contributed by atoms with E-state index < -0.39 is 0 Å². The van der Waals surface area contributed by atoms with Crippen LogP contribution in [0.15, 0.2) is 54.6 Å². The van der Waals surface area contributed by atoms with Gasteiger partial charge in [0, 0.05) is 38.2 Å². The zero-order chi connectivity index (χ0) is 22.2. The van der Waals surface area contributed by atoms with E-state index in [0.29, 0.717) is 25.4 Å². The summed E-state index contributed by atoms with van der Waals surface area (Å²) in [7, 11) is 0. The highest BCUT2D eigenvalue weighted by Crippen LogP contribution is 2.23. The Bertz CT molecular complexity index is 846. The van der Waals surface area contributed by atoms with E-state index in [-0.39, 0.29) is 17.8 Å². The number of nitrogens with zero attached hydrogens (tertiary/aromatic N) is 2. The van der Waals surface area contributed by atoms with E-state index in [2.05, 4.69) is 21.9 Å². The molecule has 172 valence electrons. The van der Waals surface area contributed by atoms with Crippen molar-refractivity contribution in [3.8, 4) is 0 Å². The van der Waals surface area contributed by atoms with E-state index in [0.717, 1.165) is 63.9 Å². The molecular formula is C27H35FN2O2. The monoisotopic (exact) mass is 438 g/mol. The maximum atomic E-state index is 14.0. The summed E-state index contributed by atoms with van der Waals surface area (Å²) in [5.41, 5.74) is 1.97. The number of carbonyl (C=O) groups is 1. The van der Waals surface area contributed by atoms with Crippen molar-refractivity contribution in [2.45, 2.75) is 51.2 Å². The highest BCUT2D eigenvalue weighted by atomic mass is 19.1. The molecule has 0 aliphatic carbocycles. The number of rotatable bonds is 9. The Morgan fingerprint density at radius 3 is 2.47 bits per heavy atom. The van der Waals surface area contributed by atoms with Gasteiger partial charge in [0.2, 0.25) is 5.91 Å². The predicted octanol–water partition coefficient (Wildman–Crippen LogP) is 4.68. The Hall–Kier alpha value is -2.24. The minimum absolute atomic E-state index is 0.124. The van der Waals surface area contributed by atoms with E-state index in [9.17, 15) is 9.18 Å². The Labute approximate surface area is 191 Å². The summed E-state index contributed by atoms with van der Waals surface area (Å²) in [6.07, 6.45) is 5.72. The van der Waals surface area contributed by atoms with Crippen molar-refractivity contribution in [3.63, 3.8) is 0 Å². The third-order valence-electron chi connectivity index (χ3n) is 6.81. The average molecular weight is 439 g/mol. The van der Waals surface area contributed by atoms with Gasteiger partial charge in [-0.05, 0) is 62.7 Å². The van der Waals surface area contributed by atoms with Crippen LogP contribution in [0.5, 0.6) is 0 Å². The van der Waals surface area contributed by atoms with Crippen LogP contribution in [0.1, 0.15) is 43.2 Å². The minimum Gasteiger partial charge on any atom is -0.376 e. The molecule has 0 radical (unpaired) electrons. The van der Waals surface area contributed by atoms with Gasteiger partial charge in [0.15, 0.2) is 0 Å². The van der Waals surface area contributed by atoms with E-state index >= 15 is 0 Å². The number of benzene rings is 2. The van der Waals surface area contributed by atoms with Gasteiger partial charge in [-0.3, -0.25) is 9.69 Å². The third-order valence-corrected chi connectivity index (χ3v) is 6.81. The average Bonchev–Trinajstić information content (AvgIpc) is 3.34. The van der Waals surface area contributed by atoms with Crippen molar-refractivity contribution < 1.29 is 13.9 Å². The standard InChI is InChI=1S/C27H35FN2O2/c28-26-11-5-4-9-24(26)20-29-16-14-23(15-17-29)19-30(21-25-10-6-18-32-25)27(31)13-12-22-7-2-1-3-8-22/h1-5,7-9,11,23,25H,6,10,12-21H2/t25-/m1/s1. The summed E-state index contributed by atoms with van der Waals surface area (Å²) >= 11 is 0. The molecule has 2 fully saturated rings. The van der Waals surface area contributed by atoms with E-state index in [1.807, 2.05) is 30.3 Å². The maximum Gasteiger partial charge on any atom is 0.222 e. The Morgan fingerprint density at radius 2 is 1.75 bits per heavy atom. The largest absolute Gasteiger partial charge is 0.376 e. The lowest BCUT2D eigenvalue weighted by atomic mass is 9.95. The van der Waals surface area contributed by atoms with Gasteiger partial charge in [-0.1, -0.05) is 48.5 Å². The lowest BCUT2D eigenvalue weighted by Crippen LogP contribution is -2.43. The smallest absolute Gasteiger partial charge is 0.222 e. The molecule has 32 heavy (non-hydrogen) atoms. The molecule has 0 aromatic heterocycles. The first-order valence-corrected chi connectivity index (χ1v) is 12.1. The van der Waals surface area contributed by atoms with Crippen molar-refractivity contribution in [1.82, 2.24) is 9.80 Å². The van der Waals surface area contributed by atoms with Gasteiger partial charge < -0.3 is 9.64 Å². The molecule has 0 spiro atoms. The quantitative estimate of drug-likeness (QED) is 0.570. The number of aryl methyl sites for hydroxylation is 1. The lowest BCUT2D eigenvalue weighted by Gasteiger charge is -2.35. The first-order valence-electron chi connectivity index (χ1n) is 12.1. The van der Waals surface area contributed by atoms with Crippen molar-refractivity contribution in [1.29, 1.82) is 0 Å². The molecule has 0 saturated carbocycles. The van der Waals surface area contributed by atoms with Gasteiger partial charge in [0.25, 0.3) is 0 Å². The number of halogens is 1. The fourth-order valence-corrected chi connectivity index (χ4v) is 4.87. The van der Waals surface area contributed by atoms with Crippen molar-refractivity contribution in [2.24, 2.45) is 5.92 Å². The normalized spacial score (nSPS) is 19.8. The highest BCUT2D eigenvalue weighted by Gasteiger charge is 2.27.